The molecule has 0 saturated heterocycles. The maximum atomic E-state index is 13.7. The SMILES string of the molecule is CC(C)CN(C(=O)c1nn(-c2cccc(F)c2)c2c1CCCC2)C1CC1. The Kier molecular flexibility index (Phi) is 4.55. The van der Waals surface area contributed by atoms with Gasteiger partial charge in [0.2, 0.25) is 0 Å². The van der Waals surface area contributed by atoms with E-state index in [1.54, 1.807) is 10.7 Å². The number of fused-ring (bicyclic) bond motifs is 1. The minimum Gasteiger partial charge on any atom is -0.334 e. The number of rotatable bonds is 5. The van der Waals surface area contributed by atoms with Crippen LogP contribution in [0.25, 0.3) is 5.69 Å². The van der Waals surface area contributed by atoms with Crippen molar-refractivity contribution < 1.29 is 9.18 Å². The highest BCUT2D eigenvalue weighted by Gasteiger charge is 2.36. The highest BCUT2D eigenvalue weighted by atomic mass is 19.1. The van der Waals surface area contributed by atoms with Gasteiger partial charge in [-0.1, -0.05) is 19.9 Å². The van der Waals surface area contributed by atoms with Crippen molar-refractivity contribution in [2.45, 2.75) is 58.4 Å². The van der Waals surface area contributed by atoms with Gasteiger partial charge in [0.25, 0.3) is 5.91 Å². The van der Waals surface area contributed by atoms with Gasteiger partial charge in [0.15, 0.2) is 5.69 Å². The van der Waals surface area contributed by atoms with Crippen molar-refractivity contribution >= 4 is 5.91 Å². The summed E-state index contributed by atoms with van der Waals surface area (Å²) in [6.45, 7) is 5.05. The molecule has 2 aliphatic rings. The van der Waals surface area contributed by atoms with E-state index in [0.29, 0.717) is 23.3 Å². The molecule has 0 unspecified atom stereocenters. The normalized spacial score (nSPS) is 16.6. The largest absolute Gasteiger partial charge is 0.334 e. The van der Waals surface area contributed by atoms with Crippen LogP contribution in [0.2, 0.25) is 0 Å². The molecule has 1 heterocycles. The van der Waals surface area contributed by atoms with Crippen LogP contribution in [0, 0.1) is 11.7 Å². The van der Waals surface area contributed by atoms with Crippen LogP contribution in [0.5, 0.6) is 0 Å². The minimum absolute atomic E-state index is 0.0505. The minimum atomic E-state index is -0.283. The van der Waals surface area contributed by atoms with Crippen molar-refractivity contribution in [2.75, 3.05) is 6.54 Å². The summed E-state index contributed by atoms with van der Waals surface area (Å²) in [4.78, 5) is 15.3. The molecule has 0 bridgehead atoms. The topological polar surface area (TPSA) is 38.1 Å². The van der Waals surface area contributed by atoms with Crippen molar-refractivity contribution in [1.82, 2.24) is 14.7 Å². The van der Waals surface area contributed by atoms with Crippen molar-refractivity contribution in [2.24, 2.45) is 5.92 Å². The first-order valence-corrected chi connectivity index (χ1v) is 9.72. The van der Waals surface area contributed by atoms with Gasteiger partial charge in [-0.15, -0.1) is 0 Å². The van der Waals surface area contributed by atoms with E-state index in [9.17, 15) is 9.18 Å². The number of carbonyl (C=O) groups is 1. The van der Waals surface area contributed by atoms with Gasteiger partial charge in [-0.3, -0.25) is 4.79 Å². The molecular formula is C21H26FN3O. The zero-order valence-corrected chi connectivity index (χ0v) is 15.5. The molecule has 4 nitrogen and oxygen atoms in total. The van der Waals surface area contributed by atoms with E-state index in [-0.39, 0.29) is 11.7 Å². The second-order valence-electron chi connectivity index (χ2n) is 7.96. The number of carbonyl (C=O) groups excluding carboxylic acids is 1. The van der Waals surface area contributed by atoms with Gasteiger partial charge in [-0.05, 0) is 62.6 Å². The van der Waals surface area contributed by atoms with E-state index in [0.717, 1.165) is 56.3 Å². The molecule has 0 radical (unpaired) electrons. The second kappa shape index (κ2) is 6.86. The van der Waals surface area contributed by atoms with Gasteiger partial charge in [0.1, 0.15) is 5.82 Å². The van der Waals surface area contributed by atoms with Crippen molar-refractivity contribution in [3.05, 3.63) is 47.0 Å². The summed E-state index contributed by atoms with van der Waals surface area (Å²) in [5.41, 5.74) is 3.42. The fraction of sp³-hybridized carbons (Fsp3) is 0.524. The van der Waals surface area contributed by atoms with Crippen molar-refractivity contribution in [1.29, 1.82) is 0 Å². The van der Waals surface area contributed by atoms with E-state index in [4.69, 9.17) is 5.10 Å². The lowest BCUT2D eigenvalue weighted by molar-refractivity contribution is 0.0715. The van der Waals surface area contributed by atoms with Gasteiger partial charge in [-0.25, -0.2) is 9.07 Å². The number of amides is 1. The monoisotopic (exact) mass is 355 g/mol. The summed E-state index contributed by atoms with van der Waals surface area (Å²) in [6.07, 6.45) is 6.11. The molecule has 1 fully saturated rings. The Bertz CT molecular complexity index is 823. The maximum Gasteiger partial charge on any atom is 0.274 e. The van der Waals surface area contributed by atoms with Crippen LogP contribution in [0.15, 0.2) is 24.3 Å². The average Bonchev–Trinajstić information content (AvgIpc) is 3.39. The van der Waals surface area contributed by atoms with Crippen LogP contribution < -0.4 is 0 Å². The zero-order chi connectivity index (χ0) is 18.3. The van der Waals surface area contributed by atoms with Gasteiger partial charge >= 0.3 is 0 Å². The zero-order valence-electron chi connectivity index (χ0n) is 15.5. The lowest BCUT2D eigenvalue weighted by Gasteiger charge is -2.24. The quantitative estimate of drug-likeness (QED) is 0.808. The first-order valence-electron chi connectivity index (χ1n) is 9.72. The average molecular weight is 355 g/mol. The molecule has 0 aliphatic heterocycles. The molecule has 138 valence electrons. The number of nitrogens with zero attached hydrogens (tertiary/aromatic N) is 3. The Balaban J connectivity index is 1.75. The van der Waals surface area contributed by atoms with Crippen LogP contribution in [0.3, 0.4) is 0 Å². The van der Waals surface area contributed by atoms with Crippen LogP contribution in [-0.2, 0) is 12.8 Å². The summed E-state index contributed by atoms with van der Waals surface area (Å²) in [5.74, 6) is 0.199. The Morgan fingerprint density at radius 2 is 2.08 bits per heavy atom. The fourth-order valence-electron chi connectivity index (χ4n) is 3.91. The number of aromatic nitrogens is 2. The molecule has 5 heteroatoms. The first-order chi connectivity index (χ1) is 12.5. The molecule has 2 aliphatic carbocycles. The van der Waals surface area contributed by atoms with E-state index in [1.165, 1.54) is 12.1 Å². The summed E-state index contributed by atoms with van der Waals surface area (Å²) >= 11 is 0. The van der Waals surface area contributed by atoms with Gasteiger partial charge in [-0.2, -0.15) is 5.10 Å². The molecule has 0 N–H and O–H groups in total. The molecule has 4 rings (SSSR count). The fourth-order valence-corrected chi connectivity index (χ4v) is 3.91. The predicted molar refractivity (Wildman–Crippen MR) is 99.1 cm³/mol. The standard InChI is InChI=1S/C21H26FN3O/c1-14(2)13-24(16-10-11-16)21(26)20-18-8-3-4-9-19(18)25(23-20)17-7-5-6-15(22)12-17/h5-7,12,14,16H,3-4,8-11,13H2,1-2H3. The molecule has 1 saturated carbocycles. The number of hydrogen-bond acceptors (Lipinski definition) is 2. The summed E-state index contributed by atoms with van der Waals surface area (Å²) in [6, 6.07) is 6.83. The van der Waals surface area contributed by atoms with E-state index in [2.05, 4.69) is 13.8 Å². The molecule has 1 aromatic carbocycles. The van der Waals surface area contributed by atoms with E-state index < -0.39 is 0 Å². The Morgan fingerprint density at radius 3 is 2.77 bits per heavy atom. The lowest BCUT2D eigenvalue weighted by atomic mass is 9.95. The van der Waals surface area contributed by atoms with E-state index in [1.807, 2.05) is 11.0 Å². The van der Waals surface area contributed by atoms with Crippen LogP contribution in [0.1, 0.15) is 61.3 Å². The first kappa shape index (κ1) is 17.3. The maximum absolute atomic E-state index is 13.7. The summed E-state index contributed by atoms with van der Waals surface area (Å²) in [5, 5.41) is 4.70. The van der Waals surface area contributed by atoms with Gasteiger partial charge < -0.3 is 4.90 Å². The number of hydrogen-bond donors (Lipinski definition) is 0. The van der Waals surface area contributed by atoms with Gasteiger partial charge in [0, 0.05) is 23.8 Å². The third-order valence-corrected chi connectivity index (χ3v) is 5.25. The van der Waals surface area contributed by atoms with Crippen LogP contribution in [0.4, 0.5) is 4.39 Å². The number of benzene rings is 1. The summed E-state index contributed by atoms with van der Waals surface area (Å²) < 4.78 is 15.5. The van der Waals surface area contributed by atoms with E-state index >= 15 is 0 Å². The Morgan fingerprint density at radius 1 is 1.31 bits per heavy atom. The van der Waals surface area contributed by atoms with Crippen LogP contribution >= 0.6 is 0 Å². The molecule has 26 heavy (non-hydrogen) atoms. The second-order valence-corrected chi connectivity index (χ2v) is 7.96. The van der Waals surface area contributed by atoms with Crippen LogP contribution in [-0.4, -0.2) is 33.2 Å². The smallest absolute Gasteiger partial charge is 0.274 e. The lowest BCUT2D eigenvalue weighted by Crippen LogP contribution is -2.37. The molecule has 1 aromatic heterocycles. The van der Waals surface area contributed by atoms with Crippen molar-refractivity contribution in [3.63, 3.8) is 0 Å². The Labute approximate surface area is 154 Å². The Hall–Kier alpha value is -2.17. The molecule has 1 amide bonds. The molecular weight excluding hydrogens is 329 g/mol. The molecule has 0 atom stereocenters. The third kappa shape index (κ3) is 3.27. The molecule has 0 spiro atoms. The van der Waals surface area contributed by atoms with Gasteiger partial charge in [0.05, 0.1) is 5.69 Å². The predicted octanol–water partition coefficient (Wildman–Crippen LogP) is 4.15. The number of halogens is 1. The molecule has 2 aromatic rings. The third-order valence-electron chi connectivity index (χ3n) is 5.25. The summed E-state index contributed by atoms with van der Waals surface area (Å²) in [7, 11) is 0. The highest BCUT2D eigenvalue weighted by molar-refractivity contribution is 5.94. The highest BCUT2D eigenvalue weighted by Crippen LogP contribution is 2.32. The van der Waals surface area contributed by atoms with Crippen molar-refractivity contribution in [3.8, 4) is 5.69 Å².